The van der Waals surface area contributed by atoms with Gasteiger partial charge in [-0.3, -0.25) is 0 Å². The molecule has 0 amide bonds. The molecule has 1 aromatic carbocycles. The van der Waals surface area contributed by atoms with Gasteiger partial charge in [0.15, 0.2) is 0 Å². The second-order valence-electron chi connectivity index (χ2n) is 5.15. The summed E-state index contributed by atoms with van der Waals surface area (Å²) in [5.74, 6) is 2.64. The number of carbonyl (C=O) groups is 1. The molecule has 0 saturated carbocycles. The van der Waals surface area contributed by atoms with Gasteiger partial charge in [-0.25, -0.2) is 0 Å². The van der Waals surface area contributed by atoms with Crippen LogP contribution in [0.4, 0.5) is 0 Å². The van der Waals surface area contributed by atoms with Gasteiger partial charge < -0.3 is 13.6 Å². The third kappa shape index (κ3) is 2.90. The van der Waals surface area contributed by atoms with E-state index in [0.717, 1.165) is 37.4 Å². The average Bonchev–Trinajstić information content (AvgIpc) is 2.99. The summed E-state index contributed by atoms with van der Waals surface area (Å²) in [4.78, 5) is 11.3. The van der Waals surface area contributed by atoms with Crippen LogP contribution in [-0.4, -0.2) is 5.78 Å². The zero-order valence-electron chi connectivity index (χ0n) is 11.9. The van der Waals surface area contributed by atoms with Crippen LogP contribution in [0.5, 0.6) is 0 Å². The number of ketones is 1. The largest absolute Gasteiger partial charge is 0.461 e. The standard InChI is InChI=1S/C17H15IO3/c1-10(19)3-6-16-17(15-7-4-11(2)20-15)13-9-12(18)5-8-14(13)21-16/h4-5,7-9H,3,6H2,1-2H3. The van der Waals surface area contributed by atoms with Crippen LogP contribution in [-0.2, 0) is 11.2 Å². The summed E-state index contributed by atoms with van der Waals surface area (Å²) in [6.45, 7) is 3.52. The monoisotopic (exact) mass is 394 g/mol. The topological polar surface area (TPSA) is 43.4 Å². The van der Waals surface area contributed by atoms with E-state index in [1.54, 1.807) is 6.92 Å². The molecule has 108 valence electrons. The summed E-state index contributed by atoms with van der Waals surface area (Å²) in [5, 5.41) is 1.04. The van der Waals surface area contributed by atoms with E-state index in [4.69, 9.17) is 8.83 Å². The first-order valence-corrected chi connectivity index (χ1v) is 7.89. The highest BCUT2D eigenvalue weighted by atomic mass is 127. The van der Waals surface area contributed by atoms with Crippen LogP contribution in [0.1, 0.15) is 24.9 Å². The first kappa shape index (κ1) is 14.4. The van der Waals surface area contributed by atoms with Crippen LogP contribution >= 0.6 is 22.6 Å². The summed E-state index contributed by atoms with van der Waals surface area (Å²) < 4.78 is 12.9. The number of hydrogen-bond acceptors (Lipinski definition) is 3. The van der Waals surface area contributed by atoms with Crippen molar-refractivity contribution >= 4 is 39.3 Å². The predicted octanol–water partition coefficient (Wildman–Crippen LogP) is 5.13. The second kappa shape index (κ2) is 5.67. The Bertz CT molecular complexity index is 811. The molecule has 0 unspecified atom stereocenters. The van der Waals surface area contributed by atoms with Crippen LogP contribution in [0.25, 0.3) is 22.3 Å². The lowest BCUT2D eigenvalue weighted by molar-refractivity contribution is -0.117. The molecule has 0 spiro atoms. The smallest absolute Gasteiger partial charge is 0.138 e. The summed E-state index contributed by atoms with van der Waals surface area (Å²) in [5.41, 5.74) is 1.80. The number of hydrogen-bond donors (Lipinski definition) is 0. The third-order valence-electron chi connectivity index (χ3n) is 3.41. The molecule has 0 saturated heterocycles. The van der Waals surface area contributed by atoms with E-state index in [-0.39, 0.29) is 5.78 Å². The summed E-state index contributed by atoms with van der Waals surface area (Å²) >= 11 is 2.28. The quantitative estimate of drug-likeness (QED) is 0.577. The first-order valence-electron chi connectivity index (χ1n) is 6.82. The molecule has 0 fully saturated rings. The highest BCUT2D eigenvalue weighted by Gasteiger charge is 2.19. The molecule has 3 aromatic rings. The van der Waals surface area contributed by atoms with Crippen LogP contribution in [0.2, 0.25) is 0 Å². The maximum absolute atomic E-state index is 11.3. The number of aryl methyl sites for hydroxylation is 2. The Labute approximate surface area is 136 Å². The van der Waals surface area contributed by atoms with Gasteiger partial charge in [0.1, 0.15) is 28.6 Å². The van der Waals surface area contributed by atoms with Crippen molar-refractivity contribution in [3.05, 3.63) is 45.4 Å². The first-order chi connectivity index (χ1) is 10.0. The molecule has 0 bridgehead atoms. The normalized spacial score (nSPS) is 11.2. The van der Waals surface area contributed by atoms with Crippen molar-refractivity contribution in [2.75, 3.05) is 0 Å². The van der Waals surface area contributed by atoms with Crippen LogP contribution < -0.4 is 0 Å². The molecule has 0 radical (unpaired) electrons. The number of halogens is 1. The van der Waals surface area contributed by atoms with E-state index in [2.05, 4.69) is 28.7 Å². The minimum absolute atomic E-state index is 0.159. The summed E-state index contributed by atoms with van der Waals surface area (Å²) in [7, 11) is 0. The molecule has 2 heterocycles. The lowest BCUT2D eigenvalue weighted by Crippen LogP contribution is -1.94. The molecule has 0 aliphatic heterocycles. The van der Waals surface area contributed by atoms with E-state index >= 15 is 0 Å². The van der Waals surface area contributed by atoms with E-state index in [9.17, 15) is 4.79 Å². The number of fused-ring (bicyclic) bond motifs is 1. The SMILES string of the molecule is CC(=O)CCc1oc2ccc(I)cc2c1-c1ccc(C)o1. The van der Waals surface area contributed by atoms with Crippen molar-refractivity contribution < 1.29 is 13.6 Å². The molecule has 0 N–H and O–H groups in total. The minimum atomic E-state index is 0.159. The number of carbonyl (C=O) groups excluding carboxylic acids is 1. The van der Waals surface area contributed by atoms with Gasteiger partial charge in [-0.05, 0) is 66.8 Å². The Kier molecular flexibility index (Phi) is 3.89. The molecule has 3 rings (SSSR count). The predicted molar refractivity (Wildman–Crippen MR) is 90.4 cm³/mol. The minimum Gasteiger partial charge on any atom is -0.461 e. The fourth-order valence-electron chi connectivity index (χ4n) is 2.43. The van der Waals surface area contributed by atoms with Gasteiger partial charge in [0.25, 0.3) is 0 Å². The number of benzene rings is 1. The zero-order chi connectivity index (χ0) is 15.0. The van der Waals surface area contributed by atoms with Gasteiger partial charge in [0.2, 0.25) is 0 Å². The van der Waals surface area contributed by atoms with Crippen LogP contribution in [0, 0.1) is 10.5 Å². The van der Waals surface area contributed by atoms with Crippen molar-refractivity contribution in [1.82, 2.24) is 0 Å². The lowest BCUT2D eigenvalue weighted by atomic mass is 10.0. The maximum Gasteiger partial charge on any atom is 0.138 e. The molecular weight excluding hydrogens is 379 g/mol. The van der Waals surface area contributed by atoms with E-state index in [1.165, 1.54) is 0 Å². The Hall–Kier alpha value is -1.56. The van der Waals surface area contributed by atoms with Gasteiger partial charge in [-0.2, -0.15) is 0 Å². The zero-order valence-corrected chi connectivity index (χ0v) is 14.1. The van der Waals surface area contributed by atoms with E-state index in [1.807, 2.05) is 31.2 Å². The average molecular weight is 394 g/mol. The Morgan fingerprint density at radius 2 is 2.00 bits per heavy atom. The highest BCUT2D eigenvalue weighted by molar-refractivity contribution is 14.1. The Morgan fingerprint density at radius 3 is 2.67 bits per heavy atom. The van der Waals surface area contributed by atoms with E-state index < -0.39 is 0 Å². The summed E-state index contributed by atoms with van der Waals surface area (Å²) in [6, 6.07) is 9.96. The van der Waals surface area contributed by atoms with E-state index in [0.29, 0.717) is 12.8 Å². The van der Waals surface area contributed by atoms with Gasteiger partial charge in [0.05, 0.1) is 5.56 Å². The van der Waals surface area contributed by atoms with Crippen molar-refractivity contribution in [3.8, 4) is 11.3 Å². The lowest BCUT2D eigenvalue weighted by Gasteiger charge is -1.99. The van der Waals surface area contributed by atoms with Crippen molar-refractivity contribution in [1.29, 1.82) is 0 Å². The highest BCUT2D eigenvalue weighted by Crippen LogP contribution is 2.37. The molecule has 2 aromatic heterocycles. The van der Waals surface area contributed by atoms with Crippen LogP contribution in [0.15, 0.2) is 39.2 Å². The fourth-order valence-corrected chi connectivity index (χ4v) is 2.92. The van der Waals surface area contributed by atoms with Gasteiger partial charge in [-0.1, -0.05) is 0 Å². The van der Waals surface area contributed by atoms with Crippen molar-refractivity contribution in [3.63, 3.8) is 0 Å². The number of furan rings is 2. The molecule has 0 aliphatic rings. The Morgan fingerprint density at radius 1 is 1.19 bits per heavy atom. The third-order valence-corrected chi connectivity index (χ3v) is 4.08. The fraction of sp³-hybridized carbons (Fsp3) is 0.235. The maximum atomic E-state index is 11.3. The number of Topliss-reactive ketones (excluding diaryl/α,β-unsaturated/α-hetero) is 1. The van der Waals surface area contributed by atoms with Gasteiger partial charge in [-0.15, -0.1) is 0 Å². The summed E-state index contributed by atoms with van der Waals surface area (Å²) in [6.07, 6.45) is 1.07. The van der Waals surface area contributed by atoms with Crippen molar-refractivity contribution in [2.24, 2.45) is 0 Å². The number of rotatable bonds is 4. The molecule has 4 heteroatoms. The Balaban J connectivity index is 2.18. The van der Waals surface area contributed by atoms with Gasteiger partial charge >= 0.3 is 0 Å². The molecule has 21 heavy (non-hydrogen) atoms. The van der Waals surface area contributed by atoms with Crippen LogP contribution in [0.3, 0.4) is 0 Å². The molecule has 0 atom stereocenters. The molecular formula is C17H15IO3. The molecule has 3 nitrogen and oxygen atoms in total. The van der Waals surface area contributed by atoms with Crippen molar-refractivity contribution in [2.45, 2.75) is 26.7 Å². The molecule has 0 aliphatic carbocycles. The van der Waals surface area contributed by atoms with Gasteiger partial charge in [0, 0.05) is 21.8 Å². The second-order valence-corrected chi connectivity index (χ2v) is 6.40.